The van der Waals surface area contributed by atoms with Crippen LogP contribution in [0, 0.1) is 11.8 Å². The van der Waals surface area contributed by atoms with E-state index in [1.165, 1.54) is 4.90 Å². The molecule has 0 N–H and O–H groups in total. The molecule has 0 radical (unpaired) electrons. The summed E-state index contributed by atoms with van der Waals surface area (Å²) in [5.41, 5.74) is 3.24. The predicted molar refractivity (Wildman–Crippen MR) is 125 cm³/mol. The van der Waals surface area contributed by atoms with E-state index in [0.29, 0.717) is 12.3 Å². The fourth-order valence-corrected chi connectivity index (χ4v) is 4.98. The van der Waals surface area contributed by atoms with Crippen molar-refractivity contribution in [2.24, 2.45) is 11.8 Å². The highest BCUT2D eigenvalue weighted by atomic mass is 32.1. The number of benzene rings is 2. The summed E-state index contributed by atoms with van der Waals surface area (Å²) in [6, 6.07) is 18.4. The molecule has 164 valence electrons. The van der Waals surface area contributed by atoms with Crippen LogP contribution in [0.25, 0.3) is 10.4 Å². The number of methoxy groups -OCH3 is 1. The summed E-state index contributed by atoms with van der Waals surface area (Å²) >= 11 is 1.63. The summed E-state index contributed by atoms with van der Waals surface area (Å²) in [7, 11) is 1.60. The van der Waals surface area contributed by atoms with Crippen molar-refractivity contribution in [1.82, 2.24) is 0 Å². The van der Waals surface area contributed by atoms with Crippen molar-refractivity contribution in [2.45, 2.75) is 26.5 Å². The fraction of sp³-hybridized carbons (Fsp3) is 0.269. The van der Waals surface area contributed by atoms with Crippen LogP contribution in [0.3, 0.4) is 0 Å². The molecule has 1 aliphatic heterocycles. The van der Waals surface area contributed by atoms with Crippen LogP contribution in [0.1, 0.15) is 31.0 Å². The Balaban J connectivity index is 1.83. The van der Waals surface area contributed by atoms with Gasteiger partial charge in [-0.2, -0.15) is 0 Å². The summed E-state index contributed by atoms with van der Waals surface area (Å²) in [5.74, 6) is -2.93. The first-order chi connectivity index (χ1) is 15.4. The molecule has 2 aromatic carbocycles. The van der Waals surface area contributed by atoms with Crippen molar-refractivity contribution < 1.29 is 19.1 Å². The number of thiophene rings is 1. The lowest BCUT2D eigenvalue weighted by Crippen LogP contribution is -2.32. The number of ketones is 2. The second-order valence-electron chi connectivity index (χ2n) is 8.17. The number of Topliss-reactive ketones (excluding diaryl/α,β-unsaturated/α-hetero) is 2. The number of rotatable bonds is 7. The van der Waals surface area contributed by atoms with Crippen LogP contribution in [0.5, 0.6) is 0 Å². The van der Waals surface area contributed by atoms with Crippen molar-refractivity contribution >= 4 is 34.5 Å². The van der Waals surface area contributed by atoms with Gasteiger partial charge in [0.05, 0.1) is 12.6 Å². The molecular weight excluding hydrogens is 422 g/mol. The van der Waals surface area contributed by atoms with Crippen molar-refractivity contribution in [1.29, 1.82) is 0 Å². The minimum absolute atomic E-state index is 0.224. The number of anilines is 1. The fourth-order valence-electron chi connectivity index (χ4n) is 4.25. The van der Waals surface area contributed by atoms with Gasteiger partial charge in [0.1, 0.15) is 11.7 Å². The van der Waals surface area contributed by atoms with Gasteiger partial charge in [-0.1, -0.05) is 56.3 Å². The lowest BCUT2D eigenvalue weighted by molar-refractivity contribution is -0.139. The lowest BCUT2D eigenvalue weighted by Gasteiger charge is -2.29. The quantitative estimate of drug-likeness (QED) is 0.375. The number of carbonyl (C=O) groups excluding carboxylic acids is 3. The first kappa shape index (κ1) is 22.1. The minimum Gasteiger partial charge on any atom is -0.380 e. The van der Waals surface area contributed by atoms with Gasteiger partial charge in [-0.05, 0) is 40.3 Å². The Labute approximate surface area is 191 Å². The summed E-state index contributed by atoms with van der Waals surface area (Å²) in [4.78, 5) is 42.0. The third kappa shape index (κ3) is 3.92. The van der Waals surface area contributed by atoms with E-state index in [1.54, 1.807) is 32.3 Å². The Morgan fingerprint density at radius 2 is 1.75 bits per heavy atom. The highest BCUT2D eigenvalue weighted by Gasteiger charge is 2.52. The number of ether oxygens (including phenoxy) is 1. The maximum Gasteiger partial charge on any atom is 0.295 e. The van der Waals surface area contributed by atoms with Crippen LogP contribution in [0.2, 0.25) is 0 Å². The van der Waals surface area contributed by atoms with Crippen LogP contribution >= 0.6 is 11.3 Å². The molecule has 1 amide bonds. The van der Waals surface area contributed by atoms with Gasteiger partial charge in [0.2, 0.25) is 5.78 Å². The Morgan fingerprint density at radius 3 is 2.38 bits per heavy atom. The maximum atomic E-state index is 13.2. The Hall–Kier alpha value is -3.09. The van der Waals surface area contributed by atoms with Crippen LogP contribution < -0.4 is 4.90 Å². The number of hydrogen-bond acceptors (Lipinski definition) is 5. The zero-order valence-electron chi connectivity index (χ0n) is 18.3. The second kappa shape index (κ2) is 9.18. The predicted octanol–water partition coefficient (Wildman–Crippen LogP) is 5.06. The van der Waals surface area contributed by atoms with E-state index in [1.807, 2.05) is 66.0 Å². The standard InChI is InChI=1S/C26H25NO4S/c1-16(2)24(28)22-23(20-8-5-4-7-18(20)15-31-3)27(26(30)25(22)29)19-12-10-17(11-13-19)21-9-6-14-32-21/h4-14,16,22-23H,15H2,1-3H3/t22?,23-/m1/s1. The smallest absolute Gasteiger partial charge is 0.295 e. The van der Waals surface area contributed by atoms with Crippen LogP contribution in [0.15, 0.2) is 66.0 Å². The average Bonchev–Trinajstić information content (AvgIpc) is 3.42. The van der Waals surface area contributed by atoms with Crippen molar-refractivity contribution in [3.63, 3.8) is 0 Å². The van der Waals surface area contributed by atoms with Gasteiger partial charge >= 0.3 is 0 Å². The molecule has 0 bridgehead atoms. The highest BCUT2D eigenvalue weighted by molar-refractivity contribution is 7.13. The Kier molecular flexibility index (Phi) is 6.35. The van der Waals surface area contributed by atoms with Gasteiger partial charge in [-0.25, -0.2) is 0 Å². The van der Waals surface area contributed by atoms with E-state index in [4.69, 9.17) is 4.74 Å². The lowest BCUT2D eigenvalue weighted by atomic mass is 9.83. The normalized spacial score (nSPS) is 18.6. The molecule has 3 aromatic rings. The summed E-state index contributed by atoms with van der Waals surface area (Å²) < 4.78 is 5.35. The highest BCUT2D eigenvalue weighted by Crippen LogP contribution is 2.43. The van der Waals surface area contributed by atoms with Gasteiger partial charge in [0, 0.05) is 23.6 Å². The number of carbonyl (C=O) groups is 3. The van der Waals surface area contributed by atoms with Gasteiger partial charge in [0.15, 0.2) is 0 Å². The van der Waals surface area contributed by atoms with E-state index in [0.717, 1.165) is 21.6 Å². The number of hydrogen-bond donors (Lipinski definition) is 0. The van der Waals surface area contributed by atoms with Crippen LogP contribution in [-0.4, -0.2) is 24.6 Å². The van der Waals surface area contributed by atoms with Crippen molar-refractivity contribution in [3.8, 4) is 10.4 Å². The van der Waals surface area contributed by atoms with Crippen molar-refractivity contribution in [3.05, 3.63) is 77.2 Å². The topological polar surface area (TPSA) is 63.7 Å². The SMILES string of the molecule is COCc1ccccc1[C@@H]1C(C(=O)C(C)C)C(=O)C(=O)N1c1ccc(-c2cccs2)cc1. The molecule has 1 fully saturated rings. The molecule has 2 heterocycles. The molecule has 1 unspecified atom stereocenters. The largest absolute Gasteiger partial charge is 0.380 e. The zero-order valence-corrected chi connectivity index (χ0v) is 19.1. The molecule has 5 nitrogen and oxygen atoms in total. The third-order valence-electron chi connectivity index (χ3n) is 5.81. The molecule has 6 heteroatoms. The molecule has 1 aromatic heterocycles. The van der Waals surface area contributed by atoms with Crippen molar-refractivity contribution in [2.75, 3.05) is 12.0 Å². The first-order valence-electron chi connectivity index (χ1n) is 10.6. The maximum absolute atomic E-state index is 13.2. The summed E-state index contributed by atoms with van der Waals surface area (Å²) in [5, 5.41) is 2.01. The van der Waals surface area contributed by atoms with E-state index in [2.05, 4.69) is 0 Å². The number of amides is 1. The molecule has 2 atom stereocenters. The van der Waals surface area contributed by atoms with Gasteiger partial charge < -0.3 is 4.74 Å². The summed E-state index contributed by atoms with van der Waals surface area (Å²) in [6.07, 6.45) is 0. The van der Waals surface area contributed by atoms with E-state index >= 15 is 0 Å². The summed E-state index contributed by atoms with van der Waals surface area (Å²) in [6.45, 7) is 3.84. The van der Waals surface area contributed by atoms with Gasteiger partial charge in [-0.3, -0.25) is 19.3 Å². The molecule has 0 aliphatic carbocycles. The molecule has 1 aliphatic rings. The Morgan fingerprint density at radius 1 is 1.03 bits per heavy atom. The van der Waals surface area contributed by atoms with Crippen LogP contribution in [-0.2, 0) is 25.7 Å². The van der Waals surface area contributed by atoms with Crippen LogP contribution in [0.4, 0.5) is 5.69 Å². The van der Waals surface area contributed by atoms with E-state index in [9.17, 15) is 14.4 Å². The molecular formula is C26H25NO4S. The van der Waals surface area contributed by atoms with E-state index in [-0.39, 0.29) is 11.7 Å². The molecule has 0 spiro atoms. The van der Waals surface area contributed by atoms with E-state index < -0.39 is 23.7 Å². The first-order valence-corrected chi connectivity index (χ1v) is 11.4. The Bertz CT molecular complexity index is 1130. The molecule has 1 saturated heterocycles. The third-order valence-corrected chi connectivity index (χ3v) is 6.73. The van der Waals surface area contributed by atoms with Gasteiger partial charge in [0.25, 0.3) is 5.91 Å². The monoisotopic (exact) mass is 447 g/mol. The molecule has 32 heavy (non-hydrogen) atoms. The second-order valence-corrected chi connectivity index (χ2v) is 9.12. The minimum atomic E-state index is -1.04. The van der Waals surface area contributed by atoms with Gasteiger partial charge in [-0.15, -0.1) is 11.3 Å². The zero-order chi connectivity index (χ0) is 22.8. The number of nitrogens with zero attached hydrogens (tertiary/aromatic N) is 1. The molecule has 4 rings (SSSR count). The molecule has 0 saturated carbocycles. The average molecular weight is 448 g/mol.